The van der Waals surface area contributed by atoms with Crippen LogP contribution in [0.1, 0.15) is 36.5 Å². The number of carboxylic acids is 1. The Morgan fingerprint density at radius 3 is 2.76 bits per heavy atom. The molecule has 1 unspecified atom stereocenters. The van der Waals surface area contributed by atoms with Gasteiger partial charge in [-0.2, -0.15) is 0 Å². The van der Waals surface area contributed by atoms with E-state index in [0.29, 0.717) is 22.7 Å². The maximum absolute atomic E-state index is 11.1. The highest BCUT2D eigenvalue weighted by Gasteiger charge is 2.24. The minimum absolute atomic E-state index is 0.240. The number of hydrogen-bond acceptors (Lipinski definition) is 2. The van der Waals surface area contributed by atoms with Gasteiger partial charge in [-0.05, 0) is 43.9 Å². The topological polar surface area (TPSA) is 49.3 Å². The number of carbonyl (C=O) groups is 1. The summed E-state index contributed by atoms with van der Waals surface area (Å²) in [5.74, 6) is -0.289. The lowest BCUT2D eigenvalue weighted by atomic mass is 9.80. The van der Waals surface area contributed by atoms with Crippen molar-refractivity contribution in [1.82, 2.24) is 0 Å². The Balaban J connectivity index is 2.16. The van der Waals surface area contributed by atoms with Gasteiger partial charge in [0.05, 0.1) is 5.56 Å². The lowest BCUT2D eigenvalue weighted by molar-refractivity contribution is 0.0698. The molecule has 4 heteroatoms. The summed E-state index contributed by atoms with van der Waals surface area (Å²) in [6.07, 6.45) is 3.73. The number of carboxylic acid groups (broad SMARTS) is 1. The van der Waals surface area contributed by atoms with Crippen molar-refractivity contribution >= 4 is 23.3 Å². The summed E-state index contributed by atoms with van der Waals surface area (Å²) in [6, 6.07) is 5.24. The Morgan fingerprint density at radius 2 is 2.24 bits per heavy atom. The average Bonchev–Trinajstić information content (AvgIpc) is 2.17. The number of rotatable bonds is 4. The molecule has 17 heavy (non-hydrogen) atoms. The van der Waals surface area contributed by atoms with E-state index >= 15 is 0 Å². The molecule has 0 aliphatic heterocycles. The number of benzene rings is 1. The third-order valence-electron chi connectivity index (χ3n) is 3.45. The van der Waals surface area contributed by atoms with Crippen molar-refractivity contribution in [1.29, 1.82) is 0 Å². The van der Waals surface area contributed by atoms with E-state index in [-0.39, 0.29) is 5.56 Å². The number of anilines is 1. The molecule has 1 atom stereocenters. The van der Waals surface area contributed by atoms with Crippen molar-refractivity contribution in [2.75, 3.05) is 5.32 Å². The number of hydrogen-bond donors (Lipinski definition) is 2. The minimum atomic E-state index is -0.948. The third-order valence-corrected chi connectivity index (χ3v) is 3.69. The molecule has 1 aliphatic rings. The monoisotopic (exact) mass is 253 g/mol. The zero-order valence-corrected chi connectivity index (χ0v) is 10.5. The van der Waals surface area contributed by atoms with Crippen LogP contribution in [0.25, 0.3) is 0 Å². The second-order valence-electron chi connectivity index (χ2n) is 4.62. The molecular weight excluding hydrogens is 238 g/mol. The predicted molar refractivity (Wildman–Crippen MR) is 68.8 cm³/mol. The highest BCUT2D eigenvalue weighted by atomic mass is 35.5. The summed E-state index contributed by atoms with van der Waals surface area (Å²) >= 11 is 5.81. The summed E-state index contributed by atoms with van der Waals surface area (Å²) in [6.45, 7) is 2.10. The van der Waals surface area contributed by atoms with Gasteiger partial charge in [0, 0.05) is 16.8 Å². The van der Waals surface area contributed by atoms with Crippen molar-refractivity contribution in [3.05, 3.63) is 28.8 Å². The van der Waals surface area contributed by atoms with Gasteiger partial charge in [0.2, 0.25) is 0 Å². The van der Waals surface area contributed by atoms with E-state index in [9.17, 15) is 4.79 Å². The van der Waals surface area contributed by atoms with E-state index in [1.54, 1.807) is 12.1 Å². The molecule has 1 saturated carbocycles. The van der Waals surface area contributed by atoms with Gasteiger partial charge in [0.15, 0.2) is 0 Å². The molecule has 0 heterocycles. The van der Waals surface area contributed by atoms with Gasteiger partial charge in [0.25, 0.3) is 0 Å². The van der Waals surface area contributed by atoms with Crippen molar-refractivity contribution in [3.63, 3.8) is 0 Å². The van der Waals surface area contributed by atoms with Crippen LogP contribution in [-0.4, -0.2) is 17.1 Å². The van der Waals surface area contributed by atoms with Gasteiger partial charge >= 0.3 is 5.97 Å². The Kier molecular flexibility index (Phi) is 3.57. The molecule has 2 rings (SSSR count). The Labute approximate surface area is 106 Å². The second kappa shape index (κ2) is 4.96. The summed E-state index contributed by atoms with van der Waals surface area (Å²) < 4.78 is 0. The second-order valence-corrected chi connectivity index (χ2v) is 5.06. The van der Waals surface area contributed by atoms with Gasteiger partial charge in [-0.25, -0.2) is 4.79 Å². The first-order chi connectivity index (χ1) is 8.08. The highest BCUT2D eigenvalue weighted by molar-refractivity contribution is 6.31. The van der Waals surface area contributed by atoms with Gasteiger partial charge in [0.1, 0.15) is 0 Å². The molecule has 2 N–H and O–H groups in total. The predicted octanol–water partition coefficient (Wildman–Crippen LogP) is 3.64. The normalized spacial score (nSPS) is 17.3. The maximum Gasteiger partial charge on any atom is 0.337 e. The number of nitrogens with one attached hydrogen (secondary N) is 1. The van der Waals surface area contributed by atoms with Crippen LogP contribution in [0.3, 0.4) is 0 Å². The van der Waals surface area contributed by atoms with E-state index in [1.165, 1.54) is 25.3 Å². The molecule has 1 aromatic carbocycles. The van der Waals surface area contributed by atoms with E-state index < -0.39 is 5.97 Å². The lowest BCUT2D eigenvalue weighted by Crippen LogP contribution is -2.31. The average molecular weight is 254 g/mol. The Hall–Kier alpha value is -1.22. The fraction of sp³-hybridized carbons (Fsp3) is 0.462. The first-order valence-corrected chi connectivity index (χ1v) is 6.25. The third kappa shape index (κ3) is 2.72. The van der Waals surface area contributed by atoms with Crippen LogP contribution in [0.5, 0.6) is 0 Å². The summed E-state index contributed by atoms with van der Waals surface area (Å²) in [4.78, 5) is 11.1. The van der Waals surface area contributed by atoms with E-state index in [1.807, 2.05) is 0 Å². The zero-order chi connectivity index (χ0) is 12.4. The van der Waals surface area contributed by atoms with Crippen molar-refractivity contribution in [3.8, 4) is 0 Å². The standard InChI is InChI=1S/C13H16ClNO2/c1-8(9-3-2-4-9)15-12-6-5-10(14)7-11(12)13(16)17/h5-9,15H,2-4H2,1H3,(H,16,17). The van der Waals surface area contributed by atoms with E-state index in [0.717, 1.165) is 0 Å². The van der Waals surface area contributed by atoms with Crippen LogP contribution in [0.2, 0.25) is 5.02 Å². The summed E-state index contributed by atoms with van der Waals surface area (Å²) in [5, 5.41) is 12.8. The SMILES string of the molecule is CC(Nc1ccc(Cl)cc1C(=O)O)C1CCC1. The van der Waals surface area contributed by atoms with Gasteiger partial charge < -0.3 is 10.4 Å². The van der Waals surface area contributed by atoms with Crippen LogP contribution in [0, 0.1) is 5.92 Å². The van der Waals surface area contributed by atoms with Crippen molar-refractivity contribution in [2.45, 2.75) is 32.2 Å². The van der Waals surface area contributed by atoms with Crippen LogP contribution >= 0.6 is 11.6 Å². The lowest BCUT2D eigenvalue weighted by Gasteiger charge is -2.32. The quantitative estimate of drug-likeness (QED) is 0.861. The first kappa shape index (κ1) is 12.2. The minimum Gasteiger partial charge on any atom is -0.478 e. The molecule has 1 aromatic rings. The van der Waals surface area contributed by atoms with Crippen LogP contribution in [0.4, 0.5) is 5.69 Å². The number of aromatic carboxylic acids is 1. The van der Waals surface area contributed by atoms with Crippen LogP contribution < -0.4 is 5.32 Å². The molecule has 1 fully saturated rings. The van der Waals surface area contributed by atoms with Crippen molar-refractivity contribution < 1.29 is 9.90 Å². The molecule has 3 nitrogen and oxygen atoms in total. The maximum atomic E-state index is 11.1. The largest absolute Gasteiger partial charge is 0.478 e. The zero-order valence-electron chi connectivity index (χ0n) is 9.74. The van der Waals surface area contributed by atoms with Gasteiger partial charge in [-0.1, -0.05) is 18.0 Å². The van der Waals surface area contributed by atoms with Crippen LogP contribution in [-0.2, 0) is 0 Å². The van der Waals surface area contributed by atoms with Crippen LogP contribution in [0.15, 0.2) is 18.2 Å². The fourth-order valence-corrected chi connectivity index (χ4v) is 2.29. The van der Waals surface area contributed by atoms with E-state index in [2.05, 4.69) is 12.2 Å². The summed E-state index contributed by atoms with van der Waals surface area (Å²) in [5.41, 5.74) is 0.893. The highest BCUT2D eigenvalue weighted by Crippen LogP contribution is 2.32. The smallest absolute Gasteiger partial charge is 0.337 e. The first-order valence-electron chi connectivity index (χ1n) is 5.87. The van der Waals surface area contributed by atoms with E-state index in [4.69, 9.17) is 16.7 Å². The van der Waals surface area contributed by atoms with Gasteiger partial charge in [-0.15, -0.1) is 0 Å². The molecule has 0 radical (unpaired) electrons. The molecule has 0 amide bonds. The van der Waals surface area contributed by atoms with Crippen molar-refractivity contribution in [2.24, 2.45) is 5.92 Å². The number of halogens is 1. The molecule has 0 saturated heterocycles. The molecule has 0 aromatic heterocycles. The Bertz CT molecular complexity index is 429. The fourth-order valence-electron chi connectivity index (χ4n) is 2.12. The molecule has 1 aliphatic carbocycles. The molecule has 0 spiro atoms. The molecular formula is C13H16ClNO2. The molecule has 92 valence electrons. The van der Waals surface area contributed by atoms with Gasteiger partial charge in [-0.3, -0.25) is 0 Å². The Morgan fingerprint density at radius 1 is 1.53 bits per heavy atom. The molecule has 0 bridgehead atoms. The summed E-state index contributed by atoms with van der Waals surface area (Å²) in [7, 11) is 0.